The number of aromatic amines is 2. The van der Waals surface area contributed by atoms with E-state index in [0.29, 0.717) is 10.1 Å². The number of rotatable bonds is 14. The van der Waals surface area contributed by atoms with Gasteiger partial charge in [0.05, 0.1) is 10.1 Å². The van der Waals surface area contributed by atoms with E-state index < -0.39 is 0 Å². The summed E-state index contributed by atoms with van der Waals surface area (Å²) in [6, 6.07) is 18.8. The third-order valence-electron chi connectivity index (χ3n) is 7.62. The number of para-hydroxylation sites is 2. The first kappa shape index (κ1) is 26.5. The molecule has 4 aromatic rings. The van der Waals surface area contributed by atoms with E-state index in [1.54, 1.807) is 0 Å². The number of amides is 2. The number of aryl methyl sites for hydroxylation is 2. The normalized spacial score (nSPS) is 13.8. The van der Waals surface area contributed by atoms with Crippen LogP contribution in [0, 0.1) is 0 Å². The lowest BCUT2D eigenvalue weighted by atomic mass is 9.98. The molecular formula is C32H36BrN3O2. The van der Waals surface area contributed by atoms with E-state index in [-0.39, 0.29) is 11.8 Å². The van der Waals surface area contributed by atoms with Gasteiger partial charge in [-0.2, -0.15) is 0 Å². The largest absolute Gasteiger partial charge is 0.358 e. The second-order valence-corrected chi connectivity index (χ2v) is 11.2. The van der Waals surface area contributed by atoms with Crippen molar-refractivity contribution in [2.24, 2.45) is 0 Å². The zero-order valence-electron chi connectivity index (χ0n) is 21.9. The van der Waals surface area contributed by atoms with Gasteiger partial charge in [0.25, 0.3) is 11.8 Å². The smallest absolute Gasteiger partial charge is 0.265 e. The van der Waals surface area contributed by atoms with Crippen LogP contribution in [-0.4, -0.2) is 21.8 Å². The number of hydrogen-bond donors (Lipinski definition) is 3. The Hall–Kier alpha value is -3.12. The number of imide groups is 1. The van der Waals surface area contributed by atoms with Crippen LogP contribution in [0.1, 0.15) is 81.2 Å². The molecule has 1 aliphatic rings. The fourth-order valence-corrected chi connectivity index (χ4v) is 6.10. The third-order valence-corrected chi connectivity index (χ3v) is 8.37. The lowest BCUT2D eigenvalue weighted by Gasteiger charge is -2.06. The molecule has 0 saturated carbocycles. The Morgan fingerprint density at radius 2 is 1.24 bits per heavy atom. The molecule has 3 N–H and O–H groups in total. The molecule has 5 rings (SSSR count). The number of halogens is 1. The van der Waals surface area contributed by atoms with Gasteiger partial charge in [-0.15, -0.1) is 0 Å². The van der Waals surface area contributed by atoms with Crippen molar-refractivity contribution in [2.75, 3.05) is 0 Å². The highest BCUT2D eigenvalue weighted by atomic mass is 79.9. The fraction of sp³-hybridized carbons (Fsp3) is 0.375. The average Bonchev–Trinajstić information content (AvgIpc) is 3.57. The Morgan fingerprint density at radius 3 is 1.89 bits per heavy atom. The molecule has 1 aliphatic heterocycles. The molecule has 0 aliphatic carbocycles. The number of fused-ring (bicyclic) bond motifs is 2. The molecule has 0 unspecified atom stereocenters. The van der Waals surface area contributed by atoms with E-state index in [4.69, 9.17) is 0 Å². The third kappa shape index (κ3) is 6.12. The van der Waals surface area contributed by atoms with Gasteiger partial charge in [0, 0.05) is 33.4 Å². The number of carbonyl (C=O) groups is 2. The number of hydrogen-bond acceptors (Lipinski definition) is 2. The predicted octanol–water partition coefficient (Wildman–Crippen LogP) is 8.10. The first-order valence-corrected chi connectivity index (χ1v) is 14.8. The van der Waals surface area contributed by atoms with Crippen molar-refractivity contribution >= 4 is 55.1 Å². The number of nitrogens with one attached hydrogen (secondary N) is 3. The van der Waals surface area contributed by atoms with E-state index >= 15 is 0 Å². The molecule has 2 amide bonds. The van der Waals surface area contributed by atoms with Gasteiger partial charge in [-0.3, -0.25) is 14.9 Å². The maximum Gasteiger partial charge on any atom is 0.265 e. The molecular weight excluding hydrogens is 538 g/mol. The maximum atomic E-state index is 12.5. The molecule has 0 radical (unpaired) electrons. The highest BCUT2D eigenvalue weighted by Crippen LogP contribution is 2.36. The van der Waals surface area contributed by atoms with Crippen molar-refractivity contribution < 1.29 is 9.59 Å². The summed E-state index contributed by atoms with van der Waals surface area (Å²) in [6.45, 7) is 0. The van der Waals surface area contributed by atoms with Crippen LogP contribution in [0.4, 0.5) is 0 Å². The summed E-state index contributed by atoms with van der Waals surface area (Å²) >= 11 is 3.34. The van der Waals surface area contributed by atoms with Crippen LogP contribution in [0.25, 0.3) is 27.4 Å². The number of benzene rings is 2. The zero-order chi connectivity index (χ0) is 26.3. The minimum Gasteiger partial charge on any atom is -0.358 e. The van der Waals surface area contributed by atoms with Gasteiger partial charge in [0.2, 0.25) is 0 Å². The van der Waals surface area contributed by atoms with Gasteiger partial charge >= 0.3 is 0 Å². The summed E-state index contributed by atoms with van der Waals surface area (Å²) in [5, 5.41) is 4.71. The standard InChI is InChI=1S/C32H36BrN3O2/c33-30-29(31(37)36-32(30)38)28-24-17-12-14-19-26(24)35-27(28)20-10-8-6-4-2-1-3-5-7-9-16-23-21-22-15-11-13-18-25(22)34-23/h11-15,17-19,21,34-35H,1-10,16,20H2,(H,36,37,38). The van der Waals surface area contributed by atoms with Crippen molar-refractivity contribution in [3.8, 4) is 0 Å². The Morgan fingerprint density at radius 1 is 0.632 bits per heavy atom. The molecule has 2 aromatic heterocycles. The summed E-state index contributed by atoms with van der Waals surface area (Å²) in [7, 11) is 0. The molecule has 38 heavy (non-hydrogen) atoms. The second kappa shape index (κ2) is 12.6. The van der Waals surface area contributed by atoms with Gasteiger partial charge in [0.15, 0.2) is 0 Å². The number of carbonyl (C=O) groups excluding carboxylic acids is 2. The minimum absolute atomic E-state index is 0.325. The summed E-state index contributed by atoms with van der Waals surface area (Å²) in [4.78, 5) is 31.6. The molecule has 0 fully saturated rings. The Balaban J connectivity index is 0.984. The molecule has 0 saturated heterocycles. The summed E-state index contributed by atoms with van der Waals surface area (Å²) < 4.78 is 0.325. The Labute approximate surface area is 232 Å². The Kier molecular flexibility index (Phi) is 8.79. The molecule has 198 valence electrons. The first-order valence-electron chi connectivity index (χ1n) is 14.0. The van der Waals surface area contributed by atoms with Crippen LogP contribution in [-0.2, 0) is 22.4 Å². The molecule has 3 heterocycles. The molecule has 0 spiro atoms. The highest BCUT2D eigenvalue weighted by Gasteiger charge is 2.32. The van der Waals surface area contributed by atoms with Crippen molar-refractivity contribution in [1.29, 1.82) is 0 Å². The molecule has 0 bridgehead atoms. The lowest BCUT2D eigenvalue weighted by molar-refractivity contribution is -0.123. The minimum atomic E-state index is -0.365. The van der Waals surface area contributed by atoms with Gasteiger partial charge in [-0.1, -0.05) is 87.8 Å². The molecule has 6 heteroatoms. The number of H-pyrrole nitrogens is 2. The van der Waals surface area contributed by atoms with Gasteiger partial charge in [0.1, 0.15) is 0 Å². The van der Waals surface area contributed by atoms with E-state index in [1.165, 1.54) is 74.4 Å². The van der Waals surface area contributed by atoms with Crippen LogP contribution in [0.3, 0.4) is 0 Å². The predicted molar refractivity (Wildman–Crippen MR) is 159 cm³/mol. The van der Waals surface area contributed by atoms with Crippen LogP contribution < -0.4 is 5.32 Å². The lowest BCUT2D eigenvalue weighted by Crippen LogP contribution is -2.22. The number of unbranched alkanes of at least 4 members (excludes halogenated alkanes) is 9. The van der Waals surface area contributed by atoms with E-state index in [1.807, 2.05) is 24.3 Å². The van der Waals surface area contributed by atoms with Crippen molar-refractivity contribution in [3.05, 3.63) is 76.0 Å². The van der Waals surface area contributed by atoms with Gasteiger partial charge in [-0.25, -0.2) is 0 Å². The zero-order valence-corrected chi connectivity index (χ0v) is 23.5. The van der Waals surface area contributed by atoms with Gasteiger partial charge < -0.3 is 9.97 Å². The van der Waals surface area contributed by atoms with Gasteiger partial charge in [-0.05, 0) is 65.2 Å². The van der Waals surface area contributed by atoms with Crippen LogP contribution >= 0.6 is 15.9 Å². The SMILES string of the molecule is O=C1NC(=O)C(c2c(CCCCCCCCCCCCc3cc4ccccc4[nH]3)[nH]c3ccccc23)=C1Br. The van der Waals surface area contributed by atoms with E-state index in [0.717, 1.165) is 41.4 Å². The van der Waals surface area contributed by atoms with Crippen LogP contribution in [0.15, 0.2) is 59.1 Å². The van der Waals surface area contributed by atoms with Crippen molar-refractivity contribution in [1.82, 2.24) is 15.3 Å². The number of aromatic nitrogens is 2. The van der Waals surface area contributed by atoms with E-state index in [9.17, 15) is 9.59 Å². The first-order chi connectivity index (χ1) is 18.6. The monoisotopic (exact) mass is 573 g/mol. The summed E-state index contributed by atoms with van der Waals surface area (Å²) in [5.74, 6) is -0.693. The topological polar surface area (TPSA) is 77.8 Å². The second-order valence-electron chi connectivity index (χ2n) is 10.4. The maximum absolute atomic E-state index is 12.5. The Bertz CT molecular complexity index is 1430. The summed E-state index contributed by atoms with van der Waals surface area (Å²) in [6.07, 6.45) is 14.6. The quantitative estimate of drug-likeness (QED) is 0.105. The molecule has 0 atom stereocenters. The van der Waals surface area contributed by atoms with Crippen molar-refractivity contribution in [3.63, 3.8) is 0 Å². The highest BCUT2D eigenvalue weighted by molar-refractivity contribution is 9.12. The molecule has 2 aromatic carbocycles. The summed E-state index contributed by atoms with van der Waals surface area (Å²) in [5.41, 5.74) is 5.95. The fourth-order valence-electron chi connectivity index (χ4n) is 5.63. The average molecular weight is 575 g/mol. The molecule has 5 nitrogen and oxygen atoms in total. The van der Waals surface area contributed by atoms with E-state index in [2.05, 4.69) is 61.5 Å². The van der Waals surface area contributed by atoms with Crippen LogP contribution in [0.2, 0.25) is 0 Å². The van der Waals surface area contributed by atoms with Crippen molar-refractivity contribution in [2.45, 2.75) is 77.0 Å². The van der Waals surface area contributed by atoms with Crippen LogP contribution in [0.5, 0.6) is 0 Å².